The lowest BCUT2D eigenvalue weighted by atomic mass is 10.1. The van der Waals surface area contributed by atoms with E-state index in [0.29, 0.717) is 16.8 Å². The number of nitrogens with two attached hydrogens (primary N) is 1. The second kappa shape index (κ2) is 10.6. The van der Waals surface area contributed by atoms with E-state index in [1.54, 1.807) is 60.8 Å². The van der Waals surface area contributed by atoms with Gasteiger partial charge < -0.3 is 16.0 Å². The van der Waals surface area contributed by atoms with Crippen LogP contribution in [-0.2, 0) is 10.0 Å². The summed E-state index contributed by atoms with van der Waals surface area (Å²) in [7, 11) is -3.92. The minimum absolute atomic E-state index is 0.0172. The van der Waals surface area contributed by atoms with Crippen molar-refractivity contribution < 1.29 is 22.4 Å². The molecule has 9 nitrogen and oxygen atoms in total. The number of aromatic nitrogens is 1. The first kappa shape index (κ1) is 25.5. The van der Waals surface area contributed by atoms with E-state index in [2.05, 4.69) is 20.9 Å². The molecule has 0 atom stereocenters. The number of hydrogen-bond acceptors (Lipinski definition) is 5. The summed E-state index contributed by atoms with van der Waals surface area (Å²) in [5.41, 5.74) is 2.30. The maximum atomic E-state index is 13.9. The first-order valence-electron chi connectivity index (χ1n) is 10.9. The fourth-order valence-electron chi connectivity index (χ4n) is 3.51. The zero-order chi connectivity index (χ0) is 26.6. The number of carbonyl (C=O) groups excluding carboxylic acids is 2. The summed E-state index contributed by atoms with van der Waals surface area (Å²) in [6.45, 7) is 1.85. The summed E-state index contributed by atoms with van der Waals surface area (Å²) >= 11 is 0. The van der Waals surface area contributed by atoms with Crippen LogP contribution in [0.15, 0.2) is 90.0 Å². The van der Waals surface area contributed by atoms with Gasteiger partial charge in [0.1, 0.15) is 11.6 Å². The second-order valence-corrected chi connectivity index (χ2v) is 9.59. The molecule has 3 aromatic carbocycles. The highest BCUT2D eigenvalue weighted by molar-refractivity contribution is 7.89. The van der Waals surface area contributed by atoms with Crippen LogP contribution in [0.2, 0.25) is 0 Å². The molecule has 0 aliphatic rings. The van der Waals surface area contributed by atoms with E-state index in [-0.39, 0.29) is 22.0 Å². The topological polar surface area (TPSA) is 143 Å². The number of pyridine rings is 1. The number of urea groups is 1. The van der Waals surface area contributed by atoms with Gasteiger partial charge in [0.15, 0.2) is 0 Å². The van der Waals surface area contributed by atoms with Gasteiger partial charge in [0.25, 0.3) is 5.91 Å². The summed E-state index contributed by atoms with van der Waals surface area (Å²) in [5, 5.41) is 13.0. The zero-order valence-electron chi connectivity index (χ0n) is 19.5. The number of hydrogen-bond donors (Lipinski definition) is 4. The zero-order valence-corrected chi connectivity index (χ0v) is 20.3. The Morgan fingerprint density at radius 3 is 2.30 bits per heavy atom. The molecule has 0 radical (unpaired) electrons. The van der Waals surface area contributed by atoms with Crippen molar-refractivity contribution in [3.05, 3.63) is 102 Å². The molecule has 4 rings (SSSR count). The number of amides is 3. The van der Waals surface area contributed by atoms with E-state index < -0.39 is 27.8 Å². The summed E-state index contributed by atoms with van der Waals surface area (Å²) in [4.78, 5) is 29.4. The van der Waals surface area contributed by atoms with Gasteiger partial charge in [0.05, 0.1) is 16.1 Å². The average molecular weight is 520 g/mol. The number of nitrogens with zero attached hydrogens (tertiary/aromatic N) is 1. The minimum Gasteiger partial charge on any atom is -0.308 e. The van der Waals surface area contributed by atoms with E-state index in [1.807, 2.05) is 6.92 Å². The molecule has 1 heterocycles. The summed E-state index contributed by atoms with van der Waals surface area (Å²) in [5.74, 6) is -1.02. The van der Waals surface area contributed by atoms with Crippen molar-refractivity contribution in [2.24, 2.45) is 5.14 Å². The molecule has 0 aliphatic carbocycles. The molecule has 188 valence electrons. The summed E-state index contributed by atoms with van der Waals surface area (Å²) < 4.78 is 37.7. The van der Waals surface area contributed by atoms with Gasteiger partial charge in [-0.15, -0.1) is 0 Å². The minimum atomic E-state index is -3.92. The molecule has 0 bridgehead atoms. The van der Waals surface area contributed by atoms with Crippen LogP contribution in [0.1, 0.15) is 15.9 Å². The third-order valence-corrected chi connectivity index (χ3v) is 6.24. The molecule has 0 fully saturated rings. The first-order valence-corrected chi connectivity index (χ1v) is 12.5. The molecule has 11 heteroatoms. The monoisotopic (exact) mass is 519 g/mol. The van der Waals surface area contributed by atoms with Crippen molar-refractivity contribution in [2.75, 3.05) is 16.0 Å². The largest absolute Gasteiger partial charge is 0.323 e. The highest BCUT2D eigenvalue weighted by Gasteiger charge is 2.17. The maximum absolute atomic E-state index is 13.9. The van der Waals surface area contributed by atoms with E-state index in [4.69, 9.17) is 5.14 Å². The van der Waals surface area contributed by atoms with E-state index >= 15 is 0 Å². The Bertz CT molecular complexity index is 1570. The third-order valence-electron chi connectivity index (χ3n) is 5.27. The highest BCUT2D eigenvalue weighted by Crippen LogP contribution is 2.27. The quantitative estimate of drug-likeness (QED) is 0.291. The van der Waals surface area contributed by atoms with Gasteiger partial charge >= 0.3 is 6.03 Å². The molecule has 37 heavy (non-hydrogen) atoms. The smallest absolute Gasteiger partial charge is 0.308 e. The second-order valence-electron chi connectivity index (χ2n) is 8.06. The molecular formula is C26H22FN5O4S. The normalized spacial score (nSPS) is 11.0. The van der Waals surface area contributed by atoms with Crippen molar-refractivity contribution in [3.8, 4) is 11.1 Å². The van der Waals surface area contributed by atoms with Gasteiger partial charge in [-0.25, -0.2) is 27.7 Å². The third kappa shape index (κ3) is 6.34. The fraction of sp³-hybridized carbons (Fsp3) is 0.0385. The number of halogens is 1. The molecule has 4 aromatic rings. The van der Waals surface area contributed by atoms with Gasteiger partial charge in [-0.3, -0.25) is 4.79 Å². The lowest BCUT2D eigenvalue weighted by Crippen LogP contribution is -2.22. The standard InChI is InChI=1S/C26H22FN5O4S/c1-16-6-13-24(29-15-16)32-25(33)21-14-18(27)9-12-22(21)31-26(34)30-19-10-7-17(8-11-19)20-4-2-3-5-23(20)37(28,35)36/h2-15H,1H3,(H2,28,35,36)(H,29,32,33)(H2,30,31,34). The molecular weight excluding hydrogens is 497 g/mol. The van der Waals surface area contributed by atoms with E-state index in [1.165, 1.54) is 12.1 Å². The van der Waals surface area contributed by atoms with Crippen LogP contribution >= 0.6 is 0 Å². The lowest BCUT2D eigenvalue weighted by Gasteiger charge is -2.13. The number of aryl methyl sites for hydroxylation is 1. The Morgan fingerprint density at radius 2 is 1.62 bits per heavy atom. The molecule has 3 amide bonds. The summed E-state index contributed by atoms with van der Waals surface area (Å²) in [6, 6.07) is 18.8. The average Bonchev–Trinajstić information content (AvgIpc) is 2.86. The van der Waals surface area contributed by atoms with Crippen molar-refractivity contribution in [3.63, 3.8) is 0 Å². The number of primary sulfonamides is 1. The fourth-order valence-corrected chi connectivity index (χ4v) is 4.27. The lowest BCUT2D eigenvalue weighted by molar-refractivity contribution is 0.102. The number of carbonyl (C=O) groups is 2. The van der Waals surface area contributed by atoms with Crippen LogP contribution in [0.4, 0.5) is 26.4 Å². The van der Waals surface area contributed by atoms with Crippen molar-refractivity contribution in [1.82, 2.24) is 4.98 Å². The van der Waals surface area contributed by atoms with Gasteiger partial charge in [-0.1, -0.05) is 36.4 Å². The van der Waals surface area contributed by atoms with Gasteiger partial charge in [0.2, 0.25) is 10.0 Å². The Labute approximate surface area is 212 Å². The van der Waals surface area contributed by atoms with Crippen LogP contribution in [0, 0.1) is 12.7 Å². The first-order chi connectivity index (χ1) is 17.6. The number of benzene rings is 3. The molecule has 0 spiro atoms. The van der Waals surface area contributed by atoms with Gasteiger partial charge in [-0.05, 0) is 60.5 Å². The number of rotatable bonds is 6. The van der Waals surface area contributed by atoms with Gasteiger partial charge in [0, 0.05) is 17.4 Å². The maximum Gasteiger partial charge on any atom is 0.323 e. The van der Waals surface area contributed by atoms with Crippen molar-refractivity contribution in [2.45, 2.75) is 11.8 Å². The Balaban J connectivity index is 1.48. The van der Waals surface area contributed by atoms with Crippen LogP contribution in [0.5, 0.6) is 0 Å². The Hall–Kier alpha value is -4.61. The van der Waals surface area contributed by atoms with E-state index in [0.717, 1.165) is 17.7 Å². The van der Waals surface area contributed by atoms with Crippen LogP contribution in [0.25, 0.3) is 11.1 Å². The van der Waals surface area contributed by atoms with Crippen LogP contribution < -0.4 is 21.1 Å². The SMILES string of the molecule is Cc1ccc(NC(=O)c2cc(F)ccc2NC(=O)Nc2ccc(-c3ccccc3S(N)(=O)=O)cc2)nc1. The van der Waals surface area contributed by atoms with Crippen molar-refractivity contribution in [1.29, 1.82) is 0 Å². The van der Waals surface area contributed by atoms with Crippen LogP contribution in [-0.4, -0.2) is 25.3 Å². The molecule has 0 unspecified atom stereocenters. The molecule has 5 N–H and O–H groups in total. The number of nitrogens with one attached hydrogen (secondary N) is 3. The Morgan fingerprint density at radius 1 is 0.892 bits per heavy atom. The molecule has 0 aliphatic heterocycles. The number of anilines is 3. The predicted octanol–water partition coefficient (Wildman–Crippen LogP) is 4.74. The number of sulfonamides is 1. The molecule has 1 aromatic heterocycles. The predicted molar refractivity (Wildman–Crippen MR) is 139 cm³/mol. The molecule has 0 saturated heterocycles. The van der Waals surface area contributed by atoms with Crippen LogP contribution in [0.3, 0.4) is 0 Å². The highest BCUT2D eigenvalue weighted by atomic mass is 32.2. The Kier molecular flexibility index (Phi) is 7.27. The molecule has 0 saturated carbocycles. The summed E-state index contributed by atoms with van der Waals surface area (Å²) in [6.07, 6.45) is 1.58. The van der Waals surface area contributed by atoms with Crippen molar-refractivity contribution >= 4 is 39.2 Å². The van der Waals surface area contributed by atoms with E-state index in [9.17, 15) is 22.4 Å². The van der Waals surface area contributed by atoms with Gasteiger partial charge in [-0.2, -0.15) is 0 Å².